The molecule has 0 aliphatic heterocycles. The summed E-state index contributed by atoms with van der Waals surface area (Å²) in [5.41, 5.74) is 1.62. The van der Waals surface area contributed by atoms with Gasteiger partial charge in [0, 0.05) is 18.6 Å². The minimum Gasteiger partial charge on any atom is -0.481 e. The Balaban J connectivity index is 2.27. The SMILES string of the molecule is Cc1ccn(-c2ccc(C(CO)C(=O)O)cn2)c1. The van der Waals surface area contributed by atoms with Crippen molar-refractivity contribution in [3.8, 4) is 5.82 Å². The van der Waals surface area contributed by atoms with Crippen LogP contribution in [-0.2, 0) is 4.79 Å². The van der Waals surface area contributed by atoms with Crippen LogP contribution in [0, 0.1) is 6.92 Å². The second kappa shape index (κ2) is 5.01. The van der Waals surface area contributed by atoms with E-state index in [0.717, 1.165) is 5.56 Å². The third-order valence-corrected chi connectivity index (χ3v) is 2.76. The Morgan fingerprint density at radius 3 is 2.67 bits per heavy atom. The van der Waals surface area contributed by atoms with Gasteiger partial charge in [0.25, 0.3) is 0 Å². The fourth-order valence-electron chi connectivity index (χ4n) is 1.73. The lowest BCUT2D eigenvalue weighted by atomic mass is 10.0. The summed E-state index contributed by atoms with van der Waals surface area (Å²) in [6, 6.07) is 5.37. The first kappa shape index (κ1) is 12.3. The average molecular weight is 246 g/mol. The Morgan fingerprint density at radius 1 is 1.44 bits per heavy atom. The van der Waals surface area contributed by atoms with Crippen molar-refractivity contribution < 1.29 is 15.0 Å². The van der Waals surface area contributed by atoms with Crippen LogP contribution in [0.4, 0.5) is 0 Å². The van der Waals surface area contributed by atoms with Crippen LogP contribution < -0.4 is 0 Å². The highest BCUT2D eigenvalue weighted by atomic mass is 16.4. The Labute approximate surface area is 104 Å². The lowest BCUT2D eigenvalue weighted by Crippen LogP contribution is -2.15. The third-order valence-electron chi connectivity index (χ3n) is 2.76. The van der Waals surface area contributed by atoms with E-state index in [9.17, 15) is 4.79 Å². The minimum atomic E-state index is -1.05. The molecule has 5 heteroatoms. The Bertz CT molecular complexity index is 546. The zero-order valence-electron chi connectivity index (χ0n) is 9.95. The van der Waals surface area contributed by atoms with Gasteiger partial charge >= 0.3 is 5.97 Å². The molecule has 2 heterocycles. The number of rotatable bonds is 4. The Kier molecular flexibility index (Phi) is 3.43. The van der Waals surface area contributed by atoms with Crippen molar-refractivity contribution in [2.24, 2.45) is 0 Å². The van der Waals surface area contributed by atoms with Crippen molar-refractivity contribution in [3.05, 3.63) is 47.9 Å². The highest BCUT2D eigenvalue weighted by Crippen LogP contribution is 2.16. The summed E-state index contributed by atoms with van der Waals surface area (Å²) in [7, 11) is 0. The van der Waals surface area contributed by atoms with E-state index in [0.29, 0.717) is 11.4 Å². The van der Waals surface area contributed by atoms with Crippen LogP contribution in [0.15, 0.2) is 36.8 Å². The highest BCUT2D eigenvalue weighted by Gasteiger charge is 2.18. The van der Waals surface area contributed by atoms with E-state index in [1.165, 1.54) is 6.20 Å². The monoisotopic (exact) mass is 246 g/mol. The molecule has 1 atom stereocenters. The second-order valence-electron chi connectivity index (χ2n) is 4.12. The molecule has 5 nitrogen and oxygen atoms in total. The summed E-state index contributed by atoms with van der Waals surface area (Å²) in [6.07, 6.45) is 5.31. The summed E-state index contributed by atoms with van der Waals surface area (Å²) < 4.78 is 1.85. The maximum absolute atomic E-state index is 10.9. The van der Waals surface area contributed by atoms with Crippen LogP contribution in [0.25, 0.3) is 5.82 Å². The van der Waals surface area contributed by atoms with Gasteiger partial charge in [-0.1, -0.05) is 6.07 Å². The van der Waals surface area contributed by atoms with Gasteiger partial charge in [0.05, 0.1) is 6.61 Å². The number of carboxylic acids is 1. The van der Waals surface area contributed by atoms with E-state index in [1.54, 1.807) is 12.1 Å². The van der Waals surface area contributed by atoms with Gasteiger partial charge in [-0.3, -0.25) is 4.79 Å². The van der Waals surface area contributed by atoms with Gasteiger partial charge in [0.15, 0.2) is 0 Å². The van der Waals surface area contributed by atoms with Gasteiger partial charge in [-0.25, -0.2) is 4.98 Å². The number of aromatic nitrogens is 2. The van der Waals surface area contributed by atoms with E-state index in [1.807, 2.05) is 30.0 Å². The summed E-state index contributed by atoms with van der Waals surface area (Å²) in [4.78, 5) is 15.1. The topological polar surface area (TPSA) is 75.4 Å². The molecule has 2 aromatic rings. The van der Waals surface area contributed by atoms with E-state index < -0.39 is 18.5 Å². The summed E-state index contributed by atoms with van der Waals surface area (Å²) in [5.74, 6) is -1.25. The van der Waals surface area contributed by atoms with Gasteiger partial charge in [-0.2, -0.15) is 0 Å². The number of carboxylic acid groups (broad SMARTS) is 1. The molecular formula is C13H14N2O3. The molecule has 2 aromatic heterocycles. The van der Waals surface area contributed by atoms with Gasteiger partial charge < -0.3 is 14.8 Å². The number of aliphatic carboxylic acids is 1. The van der Waals surface area contributed by atoms with Crippen LogP contribution >= 0.6 is 0 Å². The number of hydrogen-bond acceptors (Lipinski definition) is 3. The zero-order valence-corrected chi connectivity index (χ0v) is 9.95. The quantitative estimate of drug-likeness (QED) is 0.853. The molecule has 1 unspecified atom stereocenters. The largest absolute Gasteiger partial charge is 0.481 e. The molecule has 2 N–H and O–H groups in total. The number of aliphatic hydroxyl groups is 1. The molecule has 94 valence electrons. The van der Waals surface area contributed by atoms with Crippen molar-refractivity contribution in [3.63, 3.8) is 0 Å². The summed E-state index contributed by atoms with van der Waals surface area (Å²) in [5, 5.41) is 17.9. The number of carbonyl (C=O) groups is 1. The summed E-state index contributed by atoms with van der Waals surface area (Å²) >= 11 is 0. The molecule has 0 bridgehead atoms. The van der Waals surface area contributed by atoms with Crippen LogP contribution in [0.3, 0.4) is 0 Å². The molecule has 0 aliphatic rings. The molecule has 0 amide bonds. The number of aryl methyl sites for hydroxylation is 1. The zero-order chi connectivity index (χ0) is 13.1. The van der Waals surface area contributed by atoms with Crippen LogP contribution in [0.2, 0.25) is 0 Å². The lowest BCUT2D eigenvalue weighted by Gasteiger charge is -2.09. The third kappa shape index (κ3) is 2.41. The van der Waals surface area contributed by atoms with E-state index in [-0.39, 0.29) is 0 Å². The van der Waals surface area contributed by atoms with E-state index >= 15 is 0 Å². The molecule has 0 spiro atoms. The number of pyridine rings is 1. The smallest absolute Gasteiger partial charge is 0.313 e. The maximum atomic E-state index is 10.9. The molecule has 0 saturated heterocycles. The predicted octanol–water partition coefficient (Wildman–Crippen LogP) is 1.34. The van der Waals surface area contributed by atoms with Crippen molar-refractivity contribution in [2.75, 3.05) is 6.61 Å². The predicted molar refractivity (Wildman–Crippen MR) is 65.8 cm³/mol. The average Bonchev–Trinajstić information content (AvgIpc) is 2.77. The standard InChI is InChI=1S/C13H14N2O3/c1-9-4-5-15(7-9)12-3-2-10(6-14-12)11(8-16)13(17)18/h2-7,11,16H,8H2,1H3,(H,17,18). The van der Waals surface area contributed by atoms with E-state index in [2.05, 4.69) is 4.98 Å². The van der Waals surface area contributed by atoms with Crippen molar-refractivity contribution in [1.82, 2.24) is 9.55 Å². The number of nitrogens with zero attached hydrogens (tertiary/aromatic N) is 2. The molecule has 0 fully saturated rings. The minimum absolute atomic E-state index is 0.432. The second-order valence-corrected chi connectivity index (χ2v) is 4.12. The van der Waals surface area contributed by atoms with Gasteiger partial charge in [-0.05, 0) is 30.2 Å². The molecule has 18 heavy (non-hydrogen) atoms. The highest BCUT2D eigenvalue weighted by molar-refractivity contribution is 5.76. The molecular weight excluding hydrogens is 232 g/mol. The normalized spacial score (nSPS) is 12.3. The van der Waals surface area contributed by atoms with Gasteiger partial charge in [0.1, 0.15) is 11.7 Å². The lowest BCUT2D eigenvalue weighted by molar-refractivity contribution is -0.139. The van der Waals surface area contributed by atoms with Crippen molar-refractivity contribution in [1.29, 1.82) is 0 Å². The van der Waals surface area contributed by atoms with Crippen molar-refractivity contribution >= 4 is 5.97 Å². The Morgan fingerprint density at radius 2 is 2.22 bits per heavy atom. The fraction of sp³-hybridized carbons (Fsp3) is 0.231. The van der Waals surface area contributed by atoms with Crippen LogP contribution in [0.5, 0.6) is 0 Å². The molecule has 0 saturated carbocycles. The molecule has 0 aliphatic carbocycles. The number of aliphatic hydroxyl groups excluding tert-OH is 1. The van der Waals surface area contributed by atoms with Crippen LogP contribution in [0.1, 0.15) is 17.0 Å². The molecule has 0 radical (unpaired) electrons. The Hall–Kier alpha value is -2.14. The molecule has 0 aromatic carbocycles. The first-order valence-corrected chi connectivity index (χ1v) is 5.56. The maximum Gasteiger partial charge on any atom is 0.313 e. The first-order chi connectivity index (χ1) is 8.61. The summed E-state index contributed by atoms with van der Waals surface area (Å²) in [6.45, 7) is 1.55. The van der Waals surface area contributed by atoms with Gasteiger partial charge in [0.2, 0.25) is 0 Å². The number of hydrogen-bond donors (Lipinski definition) is 2. The first-order valence-electron chi connectivity index (χ1n) is 5.56. The van der Waals surface area contributed by atoms with Crippen molar-refractivity contribution in [2.45, 2.75) is 12.8 Å². The molecule has 2 rings (SSSR count). The van der Waals surface area contributed by atoms with Crippen LogP contribution in [-0.4, -0.2) is 32.3 Å². The van der Waals surface area contributed by atoms with Gasteiger partial charge in [-0.15, -0.1) is 0 Å². The fourth-order valence-corrected chi connectivity index (χ4v) is 1.73. The van der Waals surface area contributed by atoms with E-state index in [4.69, 9.17) is 10.2 Å².